The summed E-state index contributed by atoms with van der Waals surface area (Å²) in [6.45, 7) is 2.41. The van der Waals surface area contributed by atoms with Gasteiger partial charge in [0.15, 0.2) is 0 Å². The molecule has 1 aliphatic heterocycles. The van der Waals surface area contributed by atoms with E-state index < -0.39 is 0 Å². The van der Waals surface area contributed by atoms with Gasteiger partial charge in [-0.3, -0.25) is 14.6 Å². The molecule has 0 unspecified atom stereocenters. The fourth-order valence-corrected chi connectivity index (χ4v) is 6.74. The van der Waals surface area contributed by atoms with Gasteiger partial charge in [0.05, 0.1) is 41.8 Å². The van der Waals surface area contributed by atoms with Crippen LogP contribution in [0, 0.1) is 11.8 Å². The second-order valence-corrected chi connectivity index (χ2v) is 12.8. The number of hydrogen-bond donors (Lipinski definition) is 4. The molecule has 2 aromatic carbocycles. The molecular formula is C35H37Cl2N7O4. The average molecular weight is 691 g/mol. The van der Waals surface area contributed by atoms with Crippen molar-refractivity contribution in [2.45, 2.75) is 38.4 Å². The number of primary amides is 1. The SMILES string of the molecule is COc1nc(-c2cccc(-c3cccc(-c4cnc(CNC5CC(C(N)=O)C5)c(OC)n4)c3Cl)c2Cl)ccc1CNC[C@@H]1CNC(=O)C1. The highest BCUT2D eigenvalue weighted by Crippen LogP contribution is 2.42. The van der Waals surface area contributed by atoms with Gasteiger partial charge in [0, 0.05) is 72.4 Å². The molecule has 1 atom stereocenters. The van der Waals surface area contributed by atoms with Crippen LogP contribution in [0.4, 0.5) is 0 Å². The van der Waals surface area contributed by atoms with Gasteiger partial charge in [-0.05, 0) is 24.8 Å². The molecule has 1 saturated heterocycles. The molecule has 2 fully saturated rings. The van der Waals surface area contributed by atoms with Crippen molar-refractivity contribution in [2.24, 2.45) is 17.6 Å². The molecule has 48 heavy (non-hydrogen) atoms. The number of benzene rings is 2. The second-order valence-electron chi connectivity index (χ2n) is 12.1. The number of nitrogens with one attached hydrogen (secondary N) is 3. The number of carbonyl (C=O) groups is 2. The number of hydrogen-bond acceptors (Lipinski definition) is 9. The van der Waals surface area contributed by atoms with Gasteiger partial charge >= 0.3 is 0 Å². The van der Waals surface area contributed by atoms with Crippen LogP contribution in [0.25, 0.3) is 33.6 Å². The number of nitrogens with two attached hydrogens (primary N) is 1. The topological polar surface area (TPSA) is 153 Å². The highest BCUT2D eigenvalue weighted by Gasteiger charge is 2.33. The van der Waals surface area contributed by atoms with Crippen LogP contribution in [0.5, 0.6) is 11.8 Å². The van der Waals surface area contributed by atoms with Crippen LogP contribution in [0.2, 0.25) is 10.0 Å². The highest BCUT2D eigenvalue weighted by molar-refractivity contribution is 6.39. The monoisotopic (exact) mass is 689 g/mol. The standard InChI is InChI=1S/C35H37Cl2N7O4/c1-47-34-20(16-39-14-19-11-30(45)42-15-19)9-10-27(43-34)25-7-3-5-23(31(25)36)24-6-4-8-26(32(24)37)28-17-41-29(35(44-28)48-2)18-40-22-12-21(13-22)33(38)46/h3-10,17,19,21-22,39-40H,11-16,18H2,1-2H3,(H2,38,46)(H,42,45)/t19-,21?,22?/m1/s1. The van der Waals surface area contributed by atoms with Crippen LogP contribution in [0.1, 0.15) is 30.5 Å². The molecule has 6 rings (SSSR count). The van der Waals surface area contributed by atoms with Crippen molar-refractivity contribution >= 4 is 35.0 Å². The van der Waals surface area contributed by atoms with Gasteiger partial charge in [0.2, 0.25) is 23.6 Å². The maximum absolute atomic E-state index is 11.5. The maximum Gasteiger partial charge on any atom is 0.237 e. The van der Waals surface area contributed by atoms with Crippen LogP contribution in [0.15, 0.2) is 54.7 Å². The summed E-state index contributed by atoms with van der Waals surface area (Å²) in [5.41, 5.74) is 11.0. The first-order valence-electron chi connectivity index (χ1n) is 15.8. The molecule has 0 bridgehead atoms. The third kappa shape index (κ3) is 7.24. The minimum Gasteiger partial charge on any atom is -0.481 e. The molecule has 1 aliphatic carbocycles. The predicted molar refractivity (Wildman–Crippen MR) is 185 cm³/mol. The van der Waals surface area contributed by atoms with E-state index in [0.717, 1.165) is 28.8 Å². The van der Waals surface area contributed by atoms with Crippen LogP contribution in [-0.2, 0) is 22.7 Å². The van der Waals surface area contributed by atoms with E-state index in [0.29, 0.717) is 83.3 Å². The fourth-order valence-electron chi connectivity index (χ4n) is 6.10. The number of rotatable bonds is 13. The van der Waals surface area contributed by atoms with Crippen molar-refractivity contribution in [1.29, 1.82) is 0 Å². The van der Waals surface area contributed by atoms with Gasteiger partial charge in [0.25, 0.3) is 0 Å². The Morgan fingerprint density at radius 1 is 0.917 bits per heavy atom. The van der Waals surface area contributed by atoms with Crippen LogP contribution < -0.4 is 31.2 Å². The van der Waals surface area contributed by atoms with E-state index in [2.05, 4.69) is 20.9 Å². The molecule has 11 nitrogen and oxygen atoms in total. The van der Waals surface area contributed by atoms with E-state index in [-0.39, 0.29) is 29.7 Å². The molecular weight excluding hydrogens is 653 g/mol. The highest BCUT2D eigenvalue weighted by atomic mass is 35.5. The Balaban J connectivity index is 1.20. The molecule has 2 aliphatic rings. The second kappa shape index (κ2) is 14.9. The van der Waals surface area contributed by atoms with E-state index in [4.69, 9.17) is 48.4 Å². The average Bonchev–Trinajstić information content (AvgIpc) is 3.49. The smallest absolute Gasteiger partial charge is 0.237 e. The number of carbonyl (C=O) groups excluding carboxylic acids is 2. The lowest BCUT2D eigenvalue weighted by atomic mass is 9.80. The Labute approximate surface area is 289 Å². The number of amides is 2. The number of halogens is 2. The first-order chi connectivity index (χ1) is 23.2. The Bertz CT molecular complexity index is 1830. The molecule has 250 valence electrons. The van der Waals surface area contributed by atoms with Crippen LogP contribution in [-0.4, -0.2) is 60.1 Å². The maximum atomic E-state index is 11.5. The number of aromatic nitrogens is 3. The van der Waals surface area contributed by atoms with Gasteiger partial charge in [-0.25, -0.2) is 9.97 Å². The summed E-state index contributed by atoms with van der Waals surface area (Å²) in [7, 11) is 3.14. The minimum absolute atomic E-state index is 0.0756. The van der Waals surface area contributed by atoms with Crippen molar-refractivity contribution in [3.8, 4) is 45.4 Å². The first-order valence-corrected chi connectivity index (χ1v) is 16.5. The molecule has 1 saturated carbocycles. The van der Waals surface area contributed by atoms with E-state index in [1.54, 1.807) is 20.4 Å². The summed E-state index contributed by atoms with van der Waals surface area (Å²) < 4.78 is 11.2. The number of nitrogens with zero attached hydrogens (tertiary/aromatic N) is 3. The normalized spacial score (nSPS) is 18.7. The van der Waals surface area contributed by atoms with Gasteiger partial charge in [0.1, 0.15) is 5.69 Å². The molecule has 2 amide bonds. The summed E-state index contributed by atoms with van der Waals surface area (Å²) in [6, 6.07) is 15.5. The number of ether oxygens (including phenoxy) is 2. The quantitative estimate of drug-likeness (QED) is 0.155. The third-order valence-corrected chi connectivity index (χ3v) is 9.70. The summed E-state index contributed by atoms with van der Waals surface area (Å²) in [5.74, 6) is 0.915. The van der Waals surface area contributed by atoms with Crippen molar-refractivity contribution in [3.05, 3.63) is 76.0 Å². The Morgan fingerprint density at radius 2 is 1.56 bits per heavy atom. The molecule has 0 spiro atoms. The van der Waals surface area contributed by atoms with E-state index in [1.165, 1.54) is 0 Å². The molecule has 3 heterocycles. The zero-order chi connectivity index (χ0) is 33.8. The third-order valence-electron chi connectivity index (χ3n) is 8.89. The van der Waals surface area contributed by atoms with Crippen LogP contribution in [0.3, 0.4) is 0 Å². The molecule has 0 radical (unpaired) electrons. The van der Waals surface area contributed by atoms with Crippen molar-refractivity contribution in [2.75, 3.05) is 27.3 Å². The fraction of sp³-hybridized carbons (Fsp3) is 0.343. The Hall–Kier alpha value is -4.29. The lowest BCUT2D eigenvalue weighted by Gasteiger charge is -2.33. The van der Waals surface area contributed by atoms with E-state index >= 15 is 0 Å². The largest absolute Gasteiger partial charge is 0.481 e. The van der Waals surface area contributed by atoms with Gasteiger partial charge in [-0.15, -0.1) is 0 Å². The van der Waals surface area contributed by atoms with Crippen molar-refractivity contribution in [3.63, 3.8) is 0 Å². The van der Waals surface area contributed by atoms with E-state index in [9.17, 15) is 9.59 Å². The first kappa shape index (κ1) is 33.6. The summed E-state index contributed by atoms with van der Waals surface area (Å²) >= 11 is 14.1. The molecule has 4 aromatic rings. The lowest BCUT2D eigenvalue weighted by Crippen LogP contribution is -2.46. The van der Waals surface area contributed by atoms with Crippen molar-refractivity contribution in [1.82, 2.24) is 30.9 Å². The summed E-state index contributed by atoms with van der Waals surface area (Å²) in [5, 5.41) is 10.6. The summed E-state index contributed by atoms with van der Waals surface area (Å²) in [6.07, 6.45) is 3.64. The lowest BCUT2D eigenvalue weighted by molar-refractivity contribution is -0.125. The Morgan fingerprint density at radius 3 is 2.19 bits per heavy atom. The zero-order valence-electron chi connectivity index (χ0n) is 26.7. The van der Waals surface area contributed by atoms with Crippen LogP contribution >= 0.6 is 23.2 Å². The number of pyridine rings is 1. The predicted octanol–water partition coefficient (Wildman–Crippen LogP) is 4.78. The van der Waals surface area contributed by atoms with Gasteiger partial charge in [-0.2, -0.15) is 0 Å². The molecule has 13 heteroatoms. The zero-order valence-corrected chi connectivity index (χ0v) is 28.2. The molecule has 5 N–H and O–H groups in total. The minimum atomic E-state index is -0.259. The molecule has 2 aromatic heterocycles. The summed E-state index contributed by atoms with van der Waals surface area (Å²) in [4.78, 5) is 37.0. The van der Waals surface area contributed by atoms with Crippen molar-refractivity contribution < 1.29 is 19.1 Å². The van der Waals surface area contributed by atoms with Gasteiger partial charge < -0.3 is 31.2 Å². The Kier molecular flexibility index (Phi) is 10.4. The number of methoxy groups -OCH3 is 2. The van der Waals surface area contributed by atoms with Gasteiger partial charge in [-0.1, -0.05) is 65.7 Å². The van der Waals surface area contributed by atoms with E-state index in [1.807, 2.05) is 48.5 Å².